The van der Waals surface area contributed by atoms with E-state index in [0.717, 1.165) is 0 Å². The molecule has 0 aromatic heterocycles. The van der Waals surface area contributed by atoms with E-state index >= 15 is 0 Å². The van der Waals surface area contributed by atoms with Gasteiger partial charge in [0.2, 0.25) is 0 Å². The molecule has 0 aromatic carbocycles. The molecule has 0 spiro atoms. The van der Waals surface area contributed by atoms with Crippen LogP contribution in [-0.4, -0.2) is 0 Å². The predicted molar refractivity (Wildman–Crippen MR) is 23.4 cm³/mol. The zero-order chi connectivity index (χ0) is 4.50. The molecule has 0 N–H and O–H groups in total. The van der Waals surface area contributed by atoms with Crippen LogP contribution in [-0.2, 0) is 11.5 Å². The van der Waals surface area contributed by atoms with Crippen molar-refractivity contribution in [2.45, 2.75) is 0 Å². The minimum Gasteiger partial charge on any atom is 1.00 e. The first kappa shape index (κ1) is 18.7. The first-order chi connectivity index (χ1) is 2.00. The van der Waals surface area contributed by atoms with Gasteiger partial charge in [-0.05, 0) is 0 Å². The van der Waals surface area contributed by atoms with Crippen molar-refractivity contribution >= 4 is 38.1 Å². The third-order valence-electron chi connectivity index (χ3n) is 0. The van der Waals surface area contributed by atoms with Crippen molar-refractivity contribution < 1.29 is 149 Å². The monoisotopic (exact) mass is 512 g/mol. The van der Waals surface area contributed by atoms with Gasteiger partial charge in [-0.2, -0.15) is 0 Å². The van der Waals surface area contributed by atoms with Crippen LogP contribution in [0.2, 0.25) is 0 Å². The molecule has 0 bridgehead atoms. The molecule has 0 saturated carbocycles. The van der Waals surface area contributed by atoms with Gasteiger partial charge in [0.1, 0.15) is 0 Å². The number of halogens is 4. The summed E-state index contributed by atoms with van der Waals surface area (Å²) in [6.07, 6.45) is 0. The van der Waals surface area contributed by atoms with Gasteiger partial charge < -0.3 is 0 Å². The van der Waals surface area contributed by atoms with Crippen molar-refractivity contribution in [2.24, 2.45) is 0 Å². The average Bonchev–Trinajstić information content (AvgIpc) is 0.722. The zero-order valence-corrected chi connectivity index (χ0v) is 21.0. The predicted octanol–water partition coefficient (Wildman–Crippen LogP) is -3.24. The van der Waals surface area contributed by atoms with Crippen molar-refractivity contribution in [3.63, 3.8) is 0 Å². The standard InChI is InChI=1S/4ClH.2Cs.Pd/h4*1H;;;/q;;;;2*+1;+2/p-4. The van der Waals surface area contributed by atoms with E-state index in [2.05, 4.69) is 0 Å². The topological polar surface area (TPSA) is 0 Å². The van der Waals surface area contributed by atoms with Crippen LogP contribution < -0.4 is 138 Å². The van der Waals surface area contributed by atoms with Crippen molar-refractivity contribution in [2.75, 3.05) is 0 Å². The summed E-state index contributed by atoms with van der Waals surface area (Å²) in [4.78, 5) is 0. The SMILES string of the molecule is [Cl][Pd-2]([Cl])([Cl])[Cl].[Cs+].[Cs+]. The molecule has 0 nitrogen and oxygen atoms in total. The summed E-state index contributed by atoms with van der Waals surface area (Å²) in [6.45, 7) is 0. The van der Waals surface area contributed by atoms with Gasteiger partial charge in [-0.3, -0.25) is 0 Å². The van der Waals surface area contributed by atoms with Crippen LogP contribution >= 0.6 is 38.1 Å². The molecule has 0 radical (unpaired) electrons. The third kappa shape index (κ3) is 33.5. The second kappa shape index (κ2) is 10.0. The van der Waals surface area contributed by atoms with Crippen LogP contribution in [0, 0.1) is 0 Å². The summed E-state index contributed by atoms with van der Waals surface area (Å²) < 4.78 is 0. The quantitative estimate of drug-likeness (QED) is 0.299. The molecule has 0 aliphatic rings. The first-order valence-corrected chi connectivity index (χ1v) is 8.49. The van der Waals surface area contributed by atoms with E-state index in [9.17, 15) is 0 Å². The fourth-order valence-corrected chi connectivity index (χ4v) is 0. The van der Waals surface area contributed by atoms with E-state index in [1.54, 1.807) is 0 Å². The smallest absolute Gasteiger partial charge is 1.00 e. The molecule has 0 fully saturated rings. The molecule has 0 aliphatic carbocycles. The summed E-state index contributed by atoms with van der Waals surface area (Å²) in [5.74, 6) is 0. The molecule has 7 heteroatoms. The molecule has 0 saturated heterocycles. The van der Waals surface area contributed by atoms with E-state index in [1.807, 2.05) is 0 Å². The van der Waals surface area contributed by atoms with Crippen molar-refractivity contribution in [1.29, 1.82) is 0 Å². The largest absolute Gasteiger partial charge is 1.00 e. The molecule has 0 unspecified atom stereocenters. The van der Waals surface area contributed by atoms with Gasteiger partial charge in [0.05, 0.1) is 0 Å². The molecular formula is Cl4Cs2Pd. The maximum absolute atomic E-state index is 4.98. The van der Waals surface area contributed by atoms with Crippen LogP contribution in [0.15, 0.2) is 0 Å². The van der Waals surface area contributed by atoms with Crippen LogP contribution in [0.3, 0.4) is 0 Å². The van der Waals surface area contributed by atoms with Crippen molar-refractivity contribution in [3.05, 3.63) is 0 Å². The van der Waals surface area contributed by atoms with Gasteiger partial charge in [0, 0.05) is 0 Å². The Morgan fingerprint density at radius 2 is 0.714 bits per heavy atom. The molecule has 0 aliphatic heterocycles. The molecular weight excluding hydrogens is 514 g/mol. The molecule has 7 heavy (non-hydrogen) atoms. The Hall–Kier alpha value is 5.93. The van der Waals surface area contributed by atoms with E-state index in [-0.39, 0.29) is 138 Å². The van der Waals surface area contributed by atoms with Gasteiger partial charge in [-0.15, -0.1) is 0 Å². The van der Waals surface area contributed by atoms with Crippen LogP contribution in [0.5, 0.6) is 0 Å². The van der Waals surface area contributed by atoms with E-state index in [4.69, 9.17) is 38.1 Å². The Kier molecular flexibility index (Phi) is 26.7. The van der Waals surface area contributed by atoms with Gasteiger partial charge in [0.25, 0.3) is 0 Å². The van der Waals surface area contributed by atoms with Crippen molar-refractivity contribution in [1.82, 2.24) is 0 Å². The van der Waals surface area contributed by atoms with E-state index in [1.165, 1.54) is 0 Å². The van der Waals surface area contributed by atoms with Gasteiger partial charge in [0.15, 0.2) is 0 Å². The number of hydrogen-bond donors (Lipinski definition) is 0. The van der Waals surface area contributed by atoms with Crippen LogP contribution in [0.4, 0.5) is 0 Å². The molecule has 0 atom stereocenters. The molecule has 0 aromatic rings. The summed E-state index contributed by atoms with van der Waals surface area (Å²) in [7, 11) is 19.9. The second-order valence-corrected chi connectivity index (χ2v) is 14.4. The molecule has 0 heterocycles. The Morgan fingerprint density at radius 1 is 0.714 bits per heavy atom. The first-order valence-electron chi connectivity index (χ1n) is 0.478. The molecule has 40 valence electrons. The second-order valence-electron chi connectivity index (χ2n) is 0.271. The summed E-state index contributed by atoms with van der Waals surface area (Å²) in [5.41, 5.74) is 0. The minimum absolute atomic E-state index is 0. The fourth-order valence-electron chi connectivity index (χ4n) is 0. The van der Waals surface area contributed by atoms with E-state index < -0.39 is 11.5 Å². The normalized spacial score (nSPS) is 10.9. The Morgan fingerprint density at radius 3 is 0.714 bits per heavy atom. The van der Waals surface area contributed by atoms with Gasteiger partial charge >= 0.3 is 187 Å². The maximum atomic E-state index is 4.98. The third-order valence-corrected chi connectivity index (χ3v) is 0. The zero-order valence-electron chi connectivity index (χ0n) is 3.83. The minimum atomic E-state index is -2.81. The van der Waals surface area contributed by atoms with Gasteiger partial charge in [-0.1, -0.05) is 0 Å². The van der Waals surface area contributed by atoms with Crippen molar-refractivity contribution in [3.8, 4) is 0 Å². The Labute approximate surface area is 180 Å². The number of rotatable bonds is 0. The Bertz CT molecular complexity index is 25.2. The Balaban J connectivity index is -0.0000000800. The van der Waals surface area contributed by atoms with Gasteiger partial charge in [-0.25, -0.2) is 0 Å². The average molecular weight is 514 g/mol. The maximum Gasteiger partial charge on any atom is 1.00 e. The summed E-state index contributed by atoms with van der Waals surface area (Å²) in [6, 6.07) is 0. The fraction of sp³-hybridized carbons (Fsp3) is 0. The van der Waals surface area contributed by atoms with E-state index in [0.29, 0.717) is 0 Å². The summed E-state index contributed by atoms with van der Waals surface area (Å²) >= 11 is -2.81. The van der Waals surface area contributed by atoms with Crippen LogP contribution in [0.25, 0.3) is 0 Å². The summed E-state index contributed by atoms with van der Waals surface area (Å²) in [5, 5.41) is 0. The molecule has 0 rings (SSSR count). The number of hydrogen-bond acceptors (Lipinski definition) is 0. The van der Waals surface area contributed by atoms with Crippen LogP contribution in [0.1, 0.15) is 0 Å². The molecule has 0 amide bonds.